The molecule has 1 aromatic carbocycles. The van der Waals surface area contributed by atoms with Crippen molar-refractivity contribution in [3.8, 4) is 0 Å². The highest BCUT2D eigenvalue weighted by atomic mass is 79.9. The fraction of sp³-hybridized carbons (Fsp3) is 0.143. The van der Waals surface area contributed by atoms with Crippen molar-refractivity contribution in [2.24, 2.45) is 0 Å². The van der Waals surface area contributed by atoms with Crippen LogP contribution < -0.4 is 0 Å². The second-order valence-corrected chi connectivity index (χ2v) is 3.92. The van der Waals surface area contributed by atoms with Crippen LogP contribution in [0.4, 0.5) is 0 Å². The van der Waals surface area contributed by atoms with Crippen molar-refractivity contribution in [2.75, 3.05) is 0 Å². The summed E-state index contributed by atoms with van der Waals surface area (Å²) < 4.78 is 15.7. The second-order valence-electron chi connectivity index (χ2n) is 2.18. The highest BCUT2D eigenvalue weighted by molar-refractivity contribution is 9.10. The quantitative estimate of drug-likeness (QED) is 0.838. The lowest BCUT2D eigenvalue weighted by Crippen LogP contribution is -1.84. The minimum atomic E-state index is -2.80. The predicted octanol–water partition coefficient (Wildman–Crippen LogP) is 2.35. The molecule has 0 bridgehead atoms. The monoisotopic (exact) mass is 250 g/mol. The third kappa shape index (κ3) is 3.50. The summed E-state index contributed by atoms with van der Waals surface area (Å²) in [5.74, 6) is 0. The van der Waals surface area contributed by atoms with Gasteiger partial charge in [0, 0.05) is 4.47 Å². The van der Waals surface area contributed by atoms with Crippen LogP contribution in [0.25, 0.3) is 0 Å². The summed E-state index contributed by atoms with van der Waals surface area (Å²) in [4.78, 5) is 8.38. The average Bonchev–Trinajstić information content (AvgIpc) is 2.03. The van der Waals surface area contributed by atoms with Gasteiger partial charge in [-0.05, 0) is 17.7 Å². The Morgan fingerprint density at radius 2 is 2.00 bits per heavy atom. The van der Waals surface area contributed by atoms with Crippen LogP contribution in [0, 0.1) is 0 Å². The summed E-state index contributed by atoms with van der Waals surface area (Å²) in [5.41, 5.74) is 0.880. The molecule has 0 aliphatic heterocycles. The molecule has 0 amide bonds. The van der Waals surface area contributed by atoms with E-state index in [1.54, 1.807) is 0 Å². The minimum absolute atomic E-state index is 0.182. The third-order valence-corrected chi connectivity index (χ3v) is 2.20. The molecule has 0 aromatic heterocycles. The predicted molar refractivity (Wildman–Crippen MR) is 50.2 cm³/mol. The van der Waals surface area contributed by atoms with Gasteiger partial charge in [0.15, 0.2) is 0 Å². The number of hydrogen-bond donors (Lipinski definition) is 1. The molecule has 12 heavy (non-hydrogen) atoms. The first-order valence-electron chi connectivity index (χ1n) is 3.28. The Balaban J connectivity index is 2.53. The maximum atomic E-state index is 10.2. The van der Waals surface area contributed by atoms with E-state index in [-0.39, 0.29) is 6.61 Å². The van der Waals surface area contributed by atoms with Crippen LogP contribution in [-0.2, 0) is 15.7 Å². The normalized spacial score (nSPS) is 12.8. The van der Waals surface area contributed by atoms with E-state index in [9.17, 15) is 4.57 Å². The molecule has 5 heteroatoms. The molecule has 1 N–H and O–H groups in total. The lowest BCUT2D eigenvalue weighted by Gasteiger charge is -1.99. The lowest BCUT2D eigenvalue weighted by molar-refractivity contribution is 0.272. The Hall–Kier alpha value is -0.150. The molecular weight excluding hydrogens is 243 g/mol. The van der Waals surface area contributed by atoms with E-state index in [2.05, 4.69) is 20.5 Å². The largest absolute Gasteiger partial charge is 0.326 e. The topological polar surface area (TPSA) is 46.5 Å². The molecule has 1 atom stereocenters. The Morgan fingerprint density at radius 1 is 1.42 bits per heavy atom. The molecule has 0 saturated heterocycles. The molecule has 1 unspecified atom stereocenters. The zero-order chi connectivity index (χ0) is 8.97. The Kier molecular flexibility index (Phi) is 3.95. The van der Waals surface area contributed by atoms with Gasteiger partial charge in [-0.15, -0.1) is 0 Å². The number of halogens is 1. The molecule has 0 heterocycles. The highest BCUT2D eigenvalue weighted by Crippen LogP contribution is 2.18. The molecule has 1 aromatic rings. The van der Waals surface area contributed by atoms with Crippen LogP contribution >= 0.6 is 24.2 Å². The summed E-state index contributed by atoms with van der Waals surface area (Å²) in [6.07, 6.45) is 0. The molecule has 0 radical (unpaired) electrons. The van der Waals surface area contributed by atoms with Gasteiger partial charge >= 0.3 is 8.25 Å². The van der Waals surface area contributed by atoms with E-state index in [1.165, 1.54) is 0 Å². The number of rotatable bonds is 3. The molecule has 0 aliphatic rings. The lowest BCUT2D eigenvalue weighted by atomic mass is 10.2. The van der Waals surface area contributed by atoms with E-state index < -0.39 is 8.25 Å². The average molecular weight is 251 g/mol. The maximum Gasteiger partial charge on any atom is 0.316 e. The van der Waals surface area contributed by atoms with E-state index >= 15 is 0 Å². The Labute approximate surface area is 79.4 Å². The summed E-state index contributed by atoms with van der Waals surface area (Å²) >= 11 is 3.28. The van der Waals surface area contributed by atoms with Crippen LogP contribution in [-0.4, -0.2) is 4.89 Å². The molecular formula is C7H8BrO3P. The van der Waals surface area contributed by atoms with E-state index in [0.29, 0.717) is 0 Å². The van der Waals surface area contributed by atoms with Gasteiger partial charge in [0.1, 0.15) is 0 Å². The summed E-state index contributed by atoms with van der Waals surface area (Å²) in [6.45, 7) is 0.182. The van der Waals surface area contributed by atoms with Gasteiger partial charge in [-0.1, -0.05) is 28.1 Å². The van der Waals surface area contributed by atoms with Crippen LogP contribution in [0.15, 0.2) is 28.7 Å². The fourth-order valence-corrected chi connectivity index (χ4v) is 1.28. The van der Waals surface area contributed by atoms with E-state index in [1.807, 2.05) is 24.3 Å². The van der Waals surface area contributed by atoms with Gasteiger partial charge in [0.05, 0.1) is 6.61 Å². The van der Waals surface area contributed by atoms with Gasteiger partial charge in [-0.3, -0.25) is 4.57 Å². The van der Waals surface area contributed by atoms with Gasteiger partial charge < -0.3 is 9.42 Å². The maximum absolute atomic E-state index is 10.2. The van der Waals surface area contributed by atoms with Gasteiger partial charge in [0.2, 0.25) is 0 Å². The number of hydrogen-bond acceptors (Lipinski definition) is 2. The van der Waals surface area contributed by atoms with Gasteiger partial charge in [-0.25, -0.2) is 0 Å². The van der Waals surface area contributed by atoms with Crippen molar-refractivity contribution in [3.05, 3.63) is 34.3 Å². The van der Waals surface area contributed by atoms with Crippen molar-refractivity contribution >= 4 is 24.2 Å². The Morgan fingerprint density at radius 3 is 2.50 bits per heavy atom. The van der Waals surface area contributed by atoms with E-state index in [4.69, 9.17) is 4.89 Å². The summed E-state index contributed by atoms with van der Waals surface area (Å²) in [5, 5.41) is 0. The van der Waals surface area contributed by atoms with Gasteiger partial charge in [-0.2, -0.15) is 0 Å². The van der Waals surface area contributed by atoms with Crippen LogP contribution in [0.2, 0.25) is 0 Å². The first-order chi connectivity index (χ1) is 5.68. The van der Waals surface area contributed by atoms with E-state index in [0.717, 1.165) is 10.0 Å². The van der Waals surface area contributed by atoms with Crippen LogP contribution in [0.5, 0.6) is 0 Å². The SMILES string of the molecule is O=[PH](O)OCc1ccc(Br)cc1. The zero-order valence-electron chi connectivity index (χ0n) is 6.16. The fourth-order valence-electron chi connectivity index (χ4n) is 0.726. The number of benzene rings is 1. The molecule has 0 saturated carbocycles. The third-order valence-electron chi connectivity index (χ3n) is 1.28. The van der Waals surface area contributed by atoms with Crippen LogP contribution in [0.3, 0.4) is 0 Å². The Bertz CT molecular complexity index is 272. The first-order valence-corrected chi connectivity index (χ1v) is 5.34. The molecule has 0 fully saturated rings. The van der Waals surface area contributed by atoms with Crippen molar-refractivity contribution in [1.29, 1.82) is 0 Å². The first kappa shape index (κ1) is 9.93. The van der Waals surface area contributed by atoms with Crippen molar-refractivity contribution in [3.63, 3.8) is 0 Å². The second kappa shape index (κ2) is 4.77. The van der Waals surface area contributed by atoms with Gasteiger partial charge in [0.25, 0.3) is 0 Å². The van der Waals surface area contributed by atoms with Crippen molar-refractivity contribution in [2.45, 2.75) is 6.61 Å². The molecule has 1 rings (SSSR count). The molecule has 0 spiro atoms. The smallest absolute Gasteiger partial charge is 0.316 e. The highest BCUT2D eigenvalue weighted by Gasteiger charge is 1.95. The van der Waals surface area contributed by atoms with Crippen molar-refractivity contribution < 1.29 is 14.0 Å². The van der Waals surface area contributed by atoms with Crippen LogP contribution in [0.1, 0.15) is 5.56 Å². The molecule has 3 nitrogen and oxygen atoms in total. The standard InChI is InChI=1S/C7H8BrO3P/c8-7-3-1-6(2-4-7)5-11-12(9)10/h1-4,12H,5H2,(H,9,10). The zero-order valence-corrected chi connectivity index (χ0v) is 8.74. The van der Waals surface area contributed by atoms with Crippen molar-refractivity contribution in [1.82, 2.24) is 0 Å². The molecule has 0 aliphatic carbocycles. The summed E-state index contributed by atoms with van der Waals surface area (Å²) in [7, 11) is -2.80. The summed E-state index contributed by atoms with van der Waals surface area (Å²) in [6, 6.07) is 7.37. The minimum Gasteiger partial charge on any atom is -0.326 e. The molecule has 66 valence electrons.